The summed E-state index contributed by atoms with van der Waals surface area (Å²) in [6.45, 7) is 1.34. The van der Waals surface area contributed by atoms with Gasteiger partial charge in [0.25, 0.3) is 5.91 Å². The van der Waals surface area contributed by atoms with E-state index in [0.29, 0.717) is 43.9 Å². The maximum atomic E-state index is 12.9. The van der Waals surface area contributed by atoms with Crippen LogP contribution in [0, 0.1) is 5.92 Å². The number of para-hydroxylation sites is 1. The first-order valence-electron chi connectivity index (χ1n) is 9.03. The van der Waals surface area contributed by atoms with Gasteiger partial charge in [0, 0.05) is 13.1 Å². The Morgan fingerprint density at radius 2 is 1.73 bits per heavy atom. The minimum absolute atomic E-state index is 0.0497. The predicted octanol–water partition coefficient (Wildman–Crippen LogP) is 2.47. The third kappa shape index (κ3) is 4.42. The first kappa shape index (κ1) is 18.4. The van der Waals surface area contributed by atoms with E-state index in [1.807, 2.05) is 48.5 Å². The van der Waals surface area contributed by atoms with Crippen LogP contribution < -0.4 is 4.74 Å². The summed E-state index contributed by atoms with van der Waals surface area (Å²) >= 11 is 0. The molecule has 0 spiro atoms. The van der Waals surface area contributed by atoms with Crippen molar-refractivity contribution in [1.82, 2.24) is 4.90 Å². The lowest BCUT2D eigenvalue weighted by atomic mass is 9.91. The molecule has 0 aromatic heterocycles. The highest BCUT2D eigenvalue weighted by Gasteiger charge is 2.28. The van der Waals surface area contributed by atoms with Gasteiger partial charge < -0.3 is 19.8 Å². The van der Waals surface area contributed by atoms with Crippen molar-refractivity contribution in [2.24, 2.45) is 5.92 Å². The van der Waals surface area contributed by atoms with Crippen molar-refractivity contribution in [3.8, 4) is 5.75 Å². The van der Waals surface area contributed by atoms with E-state index < -0.39 is 6.10 Å². The van der Waals surface area contributed by atoms with Gasteiger partial charge in [0.15, 0.2) is 0 Å². The van der Waals surface area contributed by atoms with E-state index in [1.165, 1.54) is 0 Å². The summed E-state index contributed by atoms with van der Waals surface area (Å²) < 4.78 is 5.89. The van der Waals surface area contributed by atoms with Crippen LogP contribution in [0.15, 0.2) is 54.6 Å². The standard InChI is InChI=1S/C21H25NO4/c23-14-19(24)17-10-12-22(13-11-17)21(25)18-8-4-5-9-20(18)26-15-16-6-2-1-3-7-16/h1-9,17,19,23-24H,10-15H2. The molecule has 0 radical (unpaired) electrons. The molecule has 26 heavy (non-hydrogen) atoms. The second-order valence-electron chi connectivity index (χ2n) is 6.65. The van der Waals surface area contributed by atoms with Crippen molar-refractivity contribution in [3.05, 3.63) is 65.7 Å². The Hall–Kier alpha value is -2.37. The molecular formula is C21H25NO4. The Bertz CT molecular complexity index is 711. The van der Waals surface area contributed by atoms with Gasteiger partial charge in [0.05, 0.1) is 18.3 Å². The van der Waals surface area contributed by atoms with Crippen LogP contribution >= 0.6 is 0 Å². The number of aliphatic hydroxyl groups excluding tert-OH is 2. The first-order chi connectivity index (χ1) is 12.7. The highest BCUT2D eigenvalue weighted by Crippen LogP contribution is 2.25. The van der Waals surface area contributed by atoms with Crippen LogP contribution in [0.2, 0.25) is 0 Å². The molecule has 2 aromatic rings. The number of aliphatic hydroxyl groups is 2. The lowest BCUT2D eigenvalue weighted by Gasteiger charge is -2.34. The third-order valence-electron chi connectivity index (χ3n) is 4.91. The molecule has 5 nitrogen and oxygen atoms in total. The number of rotatable bonds is 6. The molecule has 1 saturated heterocycles. The molecule has 1 aliphatic rings. The molecule has 5 heteroatoms. The second kappa shape index (κ2) is 8.83. The summed E-state index contributed by atoms with van der Waals surface area (Å²) in [5, 5.41) is 18.9. The minimum atomic E-state index is -0.700. The summed E-state index contributed by atoms with van der Waals surface area (Å²) in [5.41, 5.74) is 1.61. The molecule has 0 aliphatic carbocycles. The van der Waals surface area contributed by atoms with Gasteiger partial charge in [-0.2, -0.15) is 0 Å². The van der Waals surface area contributed by atoms with Gasteiger partial charge in [-0.25, -0.2) is 0 Å². The molecule has 2 aromatic carbocycles. The number of ether oxygens (including phenoxy) is 1. The van der Waals surface area contributed by atoms with Crippen LogP contribution in [0.25, 0.3) is 0 Å². The first-order valence-corrected chi connectivity index (χ1v) is 9.03. The Labute approximate surface area is 153 Å². The maximum Gasteiger partial charge on any atom is 0.257 e. The van der Waals surface area contributed by atoms with Crippen molar-refractivity contribution in [2.75, 3.05) is 19.7 Å². The van der Waals surface area contributed by atoms with Gasteiger partial charge in [0.2, 0.25) is 0 Å². The van der Waals surface area contributed by atoms with E-state index in [0.717, 1.165) is 5.56 Å². The molecule has 1 fully saturated rings. The summed E-state index contributed by atoms with van der Waals surface area (Å²) in [6.07, 6.45) is 0.690. The summed E-state index contributed by atoms with van der Waals surface area (Å²) in [6, 6.07) is 17.2. The summed E-state index contributed by atoms with van der Waals surface area (Å²) in [4.78, 5) is 14.7. The third-order valence-corrected chi connectivity index (χ3v) is 4.91. The lowest BCUT2D eigenvalue weighted by Crippen LogP contribution is -2.42. The number of hydrogen-bond donors (Lipinski definition) is 2. The van der Waals surface area contributed by atoms with E-state index >= 15 is 0 Å². The van der Waals surface area contributed by atoms with Crippen LogP contribution in [-0.4, -0.2) is 46.8 Å². The smallest absolute Gasteiger partial charge is 0.257 e. The fraction of sp³-hybridized carbons (Fsp3) is 0.381. The summed E-state index contributed by atoms with van der Waals surface area (Å²) in [7, 11) is 0. The second-order valence-corrected chi connectivity index (χ2v) is 6.65. The molecule has 3 rings (SSSR count). The minimum Gasteiger partial charge on any atom is -0.488 e. The van der Waals surface area contributed by atoms with Crippen LogP contribution in [0.1, 0.15) is 28.8 Å². The topological polar surface area (TPSA) is 70.0 Å². The zero-order valence-electron chi connectivity index (χ0n) is 14.8. The monoisotopic (exact) mass is 355 g/mol. The number of hydrogen-bond acceptors (Lipinski definition) is 4. The van der Waals surface area contributed by atoms with Gasteiger partial charge in [-0.1, -0.05) is 42.5 Å². The molecule has 0 saturated carbocycles. The van der Waals surface area contributed by atoms with Crippen molar-refractivity contribution in [2.45, 2.75) is 25.6 Å². The molecule has 1 amide bonds. The average molecular weight is 355 g/mol. The fourth-order valence-electron chi connectivity index (χ4n) is 3.31. The van der Waals surface area contributed by atoms with E-state index in [-0.39, 0.29) is 18.4 Å². The van der Waals surface area contributed by atoms with E-state index in [4.69, 9.17) is 9.84 Å². The normalized spacial score (nSPS) is 16.3. The lowest BCUT2D eigenvalue weighted by molar-refractivity contribution is 0.0178. The van der Waals surface area contributed by atoms with Gasteiger partial charge >= 0.3 is 0 Å². The SMILES string of the molecule is O=C(c1ccccc1OCc1ccccc1)N1CCC(C(O)CO)CC1. The number of piperidine rings is 1. The van der Waals surface area contributed by atoms with Crippen LogP contribution in [0.5, 0.6) is 5.75 Å². The van der Waals surface area contributed by atoms with Gasteiger partial charge in [-0.3, -0.25) is 4.79 Å². The Morgan fingerprint density at radius 3 is 2.42 bits per heavy atom. The highest BCUT2D eigenvalue weighted by atomic mass is 16.5. The zero-order chi connectivity index (χ0) is 18.4. The van der Waals surface area contributed by atoms with E-state index in [9.17, 15) is 9.90 Å². The maximum absolute atomic E-state index is 12.9. The average Bonchev–Trinajstić information content (AvgIpc) is 2.72. The van der Waals surface area contributed by atoms with Crippen LogP contribution in [0.4, 0.5) is 0 Å². The number of carbonyl (C=O) groups is 1. The number of benzene rings is 2. The predicted molar refractivity (Wildman–Crippen MR) is 98.9 cm³/mol. The Balaban J connectivity index is 1.65. The quantitative estimate of drug-likeness (QED) is 0.835. The zero-order valence-corrected chi connectivity index (χ0v) is 14.8. The Morgan fingerprint density at radius 1 is 1.08 bits per heavy atom. The summed E-state index contributed by atoms with van der Waals surface area (Å²) in [5.74, 6) is 0.582. The van der Waals surface area contributed by atoms with Crippen molar-refractivity contribution < 1.29 is 19.7 Å². The highest BCUT2D eigenvalue weighted by molar-refractivity contribution is 5.97. The molecule has 138 valence electrons. The van der Waals surface area contributed by atoms with Crippen molar-refractivity contribution in [3.63, 3.8) is 0 Å². The molecular weight excluding hydrogens is 330 g/mol. The molecule has 1 aliphatic heterocycles. The molecule has 2 N–H and O–H groups in total. The van der Waals surface area contributed by atoms with E-state index in [2.05, 4.69) is 0 Å². The van der Waals surface area contributed by atoms with Gasteiger partial charge in [0.1, 0.15) is 12.4 Å². The molecule has 0 bridgehead atoms. The fourth-order valence-corrected chi connectivity index (χ4v) is 3.31. The molecule has 1 atom stereocenters. The Kier molecular flexibility index (Phi) is 6.26. The van der Waals surface area contributed by atoms with Crippen LogP contribution in [0.3, 0.4) is 0 Å². The van der Waals surface area contributed by atoms with Crippen molar-refractivity contribution in [1.29, 1.82) is 0 Å². The number of amides is 1. The van der Waals surface area contributed by atoms with E-state index in [1.54, 1.807) is 11.0 Å². The number of carbonyl (C=O) groups excluding carboxylic acids is 1. The van der Waals surface area contributed by atoms with Gasteiger partial charge in [-0.05, 0) is 36.5 Å². The van der Waals surface area contributed by atoms with Gasteiger partial charge in [-0.15, -0.1) is 0 Å². The molecule has 1 unspecified atom stereocenters. The number of nitrogens with zero attached hydrogens (tertiary/aromatic N) is 1. The van der Waals surface area contributed by atoms with Crippen molar-refractivity contribution >= 4 is 5.91 Å². The number of likely N-dealkylation sites (tertiary alicyclic amines) is 1. The van der Waals surface area contributed by atoms with Crippen LogP contribution in [-0.2, 0) is 6.61 Å². The molecule has 1 heterocycles. The largest absolute Gasteiger partial charge is 0.488 e.